The Morgan fingerprint density at radius 3 is 2.67 bits per heavy atom. The molecule has 4 rings (SSSR count). The number of fused-ring (bicyclic) bond motifs is 1. The van der Waals surface area contributed by atoms with Crippen LogP contribution in [0.5, 0.6) is 5.75 Å². The van der Waals surface area contributed by atoms with Gasteiger partial charge in [0.25, 0.3) is 0 Å². The highest BCUT2D eigenvalue weighted by Gasteiger charge is 2.23. The fourth-order valence-corrected chi connectivity index (χ4v) is 4.82. The average molecular weight is 450 g/mol. The number of ether oxygens (including phenoxy) is 1. The highest BCUT2D eigenvalue weighted by atomic mass is 19.1. The van der Waals surface area contributed by atoms with E-state index in [-0.39, 0.29) is 17.8 Å². The SMILES string of the molecule is CCOc1c(/C(C)=C/C(=O)NC2CCCCC2C)cc2c(-c3ccc(F)cc3)coc2c1C. The Morgan fingerprint density at radius 1 is 1.24 bits per heavy atom. The van der Waals surface area contributed by atoms with Crippen molar-refractivity contribution in [3.8, 4) is 16.9 Å². The van der Waals surface area contributed by atoms with Crippen molar-refractivity contribution in [2.24, 2.45) is 5.92 Å². The number of benzene rings is 2. The fourth-order valence-electron chi connectivity index (χ4n) is 4.82. The molecule has 1 fully saturated rings. The quantitative estimate of drug-likeness (QED) is 0.411. The molecule has 1 heterocycles. The average Bonchev–Trinajstić information content (AvgIpc) is 3.22. The van der Waals surface area contributed by atoms with Gasteiger partial charge in [-0.25, -0.2) is 4.39 Å². The molecule has 174 valence electrons. The maximum atomic E-state index is 13.4. The second-order valence-electron chi connectivity index (χ2n) is 9.05. The maximum Gasteiger partial charge on any atom is 0.244 e. The van der Waals surface area contributed by atoms with Crippen molar-refractivity contribution in [1.82, 2.24) is 5.32 Å². The summed E-state index contributed by atoms with van der Waals surface area (Å²) in [5.74, 6) is 0.868. The van der Waals surface area contributed by atoms with Crippen molar-refractivity contribution in [3.63, 3.8) is 0 Å². The van der Waals surface area contributed by atoms with E-state index >= 15 is 0 Å². The lowest BCUT2D eigenvalue weighted by Gasteiger charge is -2.29. The third-order valence-corrected chi connectivity index (χ3v) is 6.70. The van der Waals surface area contributed by atoms with E-state index in [9.17, 15) is 9.18 Å². The predicted octanol–water partition coefficient (Wildman–Crippen LogP) is 7.04. The Kier molecular flexibility index (Phi) is 6.87. The molecule has 1 amide bonds. The van der Waals surface area contributed by atoms with Crippen LogP contribution in [0.4, 0.5) is 4.39 Å². The second-order valence-corrected chi connectivity index (χ2v) is 9.05. The molecule has 2 aromatic carbocycles. The molecule has 0 spiro atoms. The minimum absolute atomic E-state index is 0.0719. The van der Waals surface area contributed by atoms with Gasteiger partial charge in [0.1, 0.15) is 17.1 Å². The summed E-state index contributed by atoms with van der Waals surface area (Å²) in [6.45, 7) is 8.55. The number of carbonyl (C=O) groups is 1. The first-order valence-corrected chi connectivity index (χ1v) is 11.8. The van der Waals surface area contributed by atoms with Crippen LogP contribution in [0.25, 0.3) is 27.7 Å². The molecule has 0 saturated heterocycles. The van der Waals surface area contributed by atoms with Crippen LogP contribution in [0, 0.1) is 18.7 Å². The van der Waals surface area contributed by atoms with Crippen molar-refractivity contribution >= 4 is 22.4 Å². The number of carbonyl (C=O) groups excluding carboxylic acids is 1. The number of allylic oxidation sites excluding steroid dienone is 1. The summed E-state index contributed by atoms with van der Waals surface area (Å²) >= 11 is 0. The fraction of sp³-hybridized carbons (Fsp3) is 0.393. The van der Waals surface area contributed by atoms with Gasteiger partial charge in [-0.15, -0.1) is 0 Å². The number of hydrogen-bond donors (Lipinski definition) is 1. The van der Waals surface area contributed by atoms with Gasteiger partial charge in [-0.2, -0.15) is 0 Å². The van der Waals surface area contributed by atoms with Gasteiger partial charge in [-0.05, 0) is 68.9 Å². The number of aryl methyl sites for hydroxylation is 1. The van der Waals surface area contributed by atoms with E-state index < -0.39 is 0 Å². The minimum Gasteiger partial charge on any atom is -0.493 e. The van der Waals surface area contributed by atoms with Crippen molar-refractivity contribution in [3.05, 3.63) is 59.6 Å². The molecule has 5 heteroatoms. The van der Waals surface area contributed by atoms with E-state index in [2.05, 4.69) is 12.2 Å². The van der Waals surface area contributed by atoms with Gasteiger partial charge in [0.15, 0.2) is 0 Å². The zero-order valence-corrected chi connectivity index (χ0v) is 19.8. The van der Waals surface area contributed by atoms with Gasteiger partial charge >= 0.3 is 0 Å². The molecule has 3 aromatic rings. The Morgan fingerprint density at radius 2 is 1.97 bits per heavy atom. The molecule has 33 heavy (non-hydrogen) atoms. The van der Waals surface area contributed by atoms with Crippen LogP contribution in [0.15, 0.2) is 47.1 Å². The lowest BCUT2D eigenvalue weighted by Crippen LogP contribution is -2.40. The number of rotatable bonds is 6. The molecule has 1 saturated carbocycles. The molecule has 2 atom stereocenters. The lowest BCUT2D eigenvalue weighted by molar-refractivity contribution is -0.117. The molecular formula is C28H32FNO3. The first kappa shape index (κ1) is 23.1. The van der Waals surface area contributed by atoms with Crippen molar-refractivity contribution in [2.75, 3.05) is 6.61 Å². The van der Waals surface area contributed by atoms with Crippen molar-refractivity contribution in [2.45, 2.75) is 59.4 Å². The number of amides is 1. The van der Waals surface area contributed by atoms with Crippen LogP contribution in [0.3, 0.4) is 0 Å². The molecule has 0 aliphatic heterocycles. The molecular weight excluding hydrogens is 417 g/mol. The maximum absolute atomic E-state index is 13.4. The number of nitrogens with one attached hydrogen (secondary N) is 1. The summed E-state index contributed by atoms with van der Waals surface area (Å²) in [7, 11) is 0. The van der Waals surface area contributed by atoms with Crippen LogP contribution in [-0.4, -0.2) is 18.6 Å². The normalized spacial score (nSPS) is 19.0. The number of furan rings is 1. The molecule has 1 aliphatic carbocycles. The van der Waals surface area contributed by atoms with E-state index in [1.54, 1.807) is 24.5 Å². The summed E-state index contributed by atoms with van der Waals surface area (Å²) in [5, 5.41) is 4.11. The van der Waals surface area contributed by atoms with Gasteiger partial charge in [-0.1, -0.05) is 31.9 Å². The molecule has 1 N–H and O–H groups in total. The first-order valence-electron chi connectivity index (χ1n) is 11.8. The van der Waals surface area contributed by atoms with Crippen molar-refractivity contribution in [1.29, 1.82) is 0 Å². The third-order valence-electron chi connectivity index (χ3n) is 6.70. The Bertz CT molecular complexity index is 1180. The van der Waals surface area contributed by atoms with E-state index in [1.807, 2.05) is 26.8 Å². The van der Waals surface area contributed by atoms with E-state index in [0.29, 0.717) is 12.5 Å². The van der Waals surface area contributed by atoms with Crippen LogP contribution in [-0.2, 0) is 4.79 Å². The van der Waals surface area contributed by atoms with Crippen LogP contribution >= 0.6 is 0 Å². The molecule has 4 nitrogen and oxygen atoms in total. The van der Waals surface area contributed by atoms with E-state index in [1.165, 1.54) is 18.6 Å². The molecule has 1 aromatic heterocycles. The topological polar surface area (TPSA) is 51.5 Å². The summed E-state index contributed by atoms with van der Waals surface area (Å²) in [5.41, 5.74) is 5.05. The molecule has 1 aliphatic rings. The number of hydrogen-bond acceptors (Lipinski definition) is 3. The zero-order chi connectivity index (χ0) is 23.5. The predicted molar refractivity (Wildman–Crippen MR) is 131 cm³/mol. The Balaban J connectivity index is 1.73. The van der Waals surface area contributed by atoms with Gasteiger partial charge < -0.3 is 14.5 Å². The Labute approximate surface area is 194 Å². The molecule has 2 unspecified atom stereocenters. The van der Waals surface area contributed by atoms with Gasteiger partial charge in [-0.3, -0.25) is 4.79 Å². The highest BCUT2D eigenvalue weighted by Crippen LogP contribution is 2.40. The van der Waals surface area contributed by atoms with Gasteiger partial charge in [0.05, 0.1) is 12.9 Å². The lowest BCUT2D eigenvalue weighted by atomic mass is 9.86. The molecule has 0 bridgehead atoms. The zero-order valence-electron chi connectivity index (χ0n) is 19.8. The Hall–Kier alpha value is -3.08. The highest BCUT2D eigenvalue weighted by molar-refractivity contribution is 6.01. The second kappa shape index (κ2) is 9.82. The monoisotopic (exact) mass is 449 g/mol. The summed E-state index contributed by atoms with van der Waals surface area (Å²) in [6.07, 6.45) is 7.95. The summed E-state index contributed by atoms with van der Waals surface area (Å²) in [6, 6.07) is 8.61. The van der Waals surface area contributed by atoms with Gasteiger partial charge in [0.2, 0.25) is 5.91 Å². The standard InChI is InChI=1S/C28H32FNO3/c1-5-32-27-19(4)28-23(24(16-33-28)20-10-12-21(29)13-11-20)15-22(27)18(3)14-26(31)30-25-9-7-6-8-17(25)2/h10-17,25H,5-9H2,1-4H3,(H,30,31)/b18-14+. The smallest absolute Gasteiger partial charge is 0.244 e. The van der Waals surface area contributed by atoms with E-state index in [4.69, 9.17) is 9.15 Å². The van der Waals surface area contributed by atoms with Gasteiger partial charge in [0, 0.05) is 34.2 Å². The largest absolute Gasteiger partial charge is 0.493 e. The molecule has 0 radical (unpaired) electrons. The van der Waals surface area contributed by atoms with E-state index in [0.717, 1.165) is 63.8 Å². The third kappa shape index (κ3) is 4.82. The van der Waals surface area contributed by atoms with Crippen LogP contribution in [0.1, 0.15) is 57.6 Å². The van der Waals surface area contributed by atoms with Crippen LogP contribution < -0.4 is 10.1 Å². The minimum atomic E-state index is -0.279. The first-order chi connectivity index (χ1) is 15.9. The van der Waals surface area contributed by atoms with Crippen LogP contribution in [0.2, 0.25) is 0 Å². The summed E-state index contributed by atoms with van der Waals surface area (Å²) in [4.78, 5) is 12.8. The summed E-state index contributed by atoms with van der Waals surface area (Å²) < 4.78 is 25.3. The number of halogens is 1. The van der Waals surface area contributed by atoms with Crippen molar-refractivity contribution < 1.29 is 18.3 Å².